The zero-order valence-electron chi connectivity index (χ0n) is 27.2. The lowest BCUT2D eigenvalue weighted by atomic mass is 9.85. The van der Waals surface area contributed by atoms with Crippen LogP contribution in [0.4, 0.5) is 4.79 Å². The summed E-state index contributed by atoms with van der Waals surface area (Å²) in [4.78, 5) is 19.0. The first-order valence-electron chi connectivity index (χ1n) is 15.4. The molecule has 1 saturated heterocycles. The molecule has 1 aliphatic carbocycles. The Morgan fingerprint density at radius 1 is 1.11 bits per heavy atom. The van der Waals surface area contributed by atoms with Crippen LogP contribution in [0.3, 0.4) is 0 Å². The van der Waals surface area contributed by atoms with Crippen molar-refractivity contribution in [1.29, 1.82) is 10.8 Å². The molecule has 14 heteroatoms. The van der Waals surface area contributed by atoms with Gasteiger partial charge in [0.15, 0.2) is 0 Å². The highest BCUT2D eigenvalue weighted by atomic mass is 32.2. The fourth-order valence-corrected chi connectivity index (χ4v) is 5.87. The molecular weight excluding hydrogens is 608 g/mol. The Labute approximate surface area is 271 Å². The Balaban J connectivity index is 1.41. The minimum Gasteiger partial charge on any atom is -0.484 e. The third-order valence-electron chi connectivity index (χ3n) is 8.24. The van der Waals surface area contributed by atoms with E-state index in [1.165, 1.54) is 4.57 Å². The second kappa shape index (κ2) is 14.5. The molecular formula is C32H46N8O5S. The second-order valence-corrected chi connectivity index (χ2v) is 14.4. The summed E-state index contributed by atoms with van der Waals surface area (Å²) in [5, 5.41) is 23.1. The third kappa shape index (κ3) is 9.19. The number of pyridine rings is 1. The van der Waals surface area contributed by atoms with E-state index in [2.05, 4.69) is 15.6 Å². The number of hydrogen-bond acceptors (Lipinski definition) is 9. The molecule has 1 aliphatic heterocycles. The molecule has 4 rings (SSSR count). The molecule has 1 aromatic heterocycles. The fraction of sp³-hybridized carbons (Fsp3) is 0.500. The van der Waals surface area contributed by atoms with Crippen LogP contribution >= 0.6 is 0 Å². The molecule has 1 fully saturated rings. The summed E-state index contributed by atoms with van der Waals surface area (Å²) in [5.41, 5.74) is 8.57. The van der Waals surface area contributed by atoms with Crippen LogP contribution in [0.2, 0.25) is 0 Å². The van der Waals surface area contributed by atoms with Gasteiger partial charge in [0.05, 0.1) is 25.1 Å². The molecule has 46 heavy (non-hydrogen) atoms. The van der Waals surface area contributed by atoms with E-state index in [1.54, 1.807) is 31.5 Å². The number of carbonyl (C=O) groups is 1. The second-order valence-electron chi connectivity index (χ2n) is 12.8. The Morgan fingerprint density at radius 2 is 1.78 bits per heavy atom. The summed E-state index contributed by atoms with van der Waals surface area (Å²) in [6, 6.07) is 10.6. The van der Waals surface area contributed by atoms with Gasteiger partial charge in [-0.1, -0.05) is 45.0 Å². The molecule has 2 atom stereocenters. The van der Waals surface area contributed by atoms with E-state index >= 15 is 0 Å². The van der Waals surface area contributed by atoms with Crippen molar-refractivity contribution in [2.24, 2.45) is 22.1 Å². The highest BCUT2D eigenvalue weighted by molar-refractivity contribution is 7.85. The van der Waals surface area contributed by atoms with Gasteiger partial charge < -0.3 is 20.7 Å². The number of ether oxygens (including phenoxy) is 1. The van der Waals surface area contributed by atoms with E-state index in [4.69, 9.17) is 25.5 Å². The number of benzene rings is 1. The van der Waals surface area contributed by atoms with Gasteiger partial charge in [0, 0.05) is 31.2 Å². The van der Waals surface area contributed by atoms with Crippen molar-refractivity contribution in [3.63, 3.8) is 0 Å². The maximum absolute atomic E-state index is 13.0. The highest BCUT2D eigenvalue weighted by Crippen LogP contribution is 2.38. The summed E-state index contributed by atoms with van der Waals surface area (Å²) < 4.78 is 35.6. The van der Waals surface area contributed by atoms with Gasteiger partial charge in [-0.2, -0.15) is 8.42 Å². The number of aliphatic imine (C=N–C) groups is 1. The Morgan fingerprint density at radius 3 is 2.41 bits per heavy atom. The van der Waals surface area contributed by atoms with Gasteiger partial charge in [-0.15, -0.1) is 0 Å². The molecule has 1 aromatic carbocycles. The predicted octanol–water partition coefficient (Wildman–Crippen LogP) is 3.61. The van der Waals surface area contributed by atoms with E-state index in [0.29, 0.717) is 56.1 Å². The highest BCUT2D eigenvalue weighted by Gasteiger charge is 2.30. The molecule has 2 heterocycles. The van der Waals surface area contributed by atoms with Crippen LogP contribution in [0.25, 0.3) is 0 Å². The molecule has 0 bridgehead atoms. The molecule has 0 radical (unpaired) electrons. The van der Waals surface area contributed by atoms with Gasteiger partial charge >= 0.3 is 6.03 Å². The van der Waals surface area contributed by atoms with Gasteiger partial charge in [0.1, 0.15) is 23.2 Å². The van der Waals surface area contributed by atoms with Crippen LogP contribution in [0.1, 0.15) is 69.7 Å². The zero-order valence-corrected chi connectivity index (χ0v) is 28.0. The summed E-state index contributed by atoms with van der Waals surface area (Å²) in [6.07, 6.45) is 6.73. The first-order chi connectivity index (χ1) is 21.6. The number of nitrogens with two attached hydrogens (primary N) is 1. The summed E-state index contributed by atoms with van der Waals surface area (Å²) in [5.74, 6) is 1.15. The Hall–Kier alpha value is -4.17. The number of likely N-dealkylation sites (tertiary alicyclic amines) is 1. The number of hydrogen-bond donors (Lipinski definition) is 5. The van der Waals surface area contributed by atoms with E-state index in [0.717, 1.165) is 17.4 Å². The number of aromatic nitrogens is 1. The number of carbonyl (C=O) groups excluding carboxylic acids is 1. The number of piperidine rings is 1. The average molecular weight is 655 g/mol. The minimum atomic E-state index is -3.49. The van der Waals surface area contributed by atoms with E-state index < -0.39 is 10.1 Å². The first kappa shape index (κ1) is 34.7. The smallest absolute Gasteiger partial charge is 0.320 e. The monoisotopic (exact) mass is 654 g/mol. The van der Waals surface area contributed by atoms with Crippen molar-refractivity contribution < 1.29 is 22.1 Å². The standard InChI is InChI=1S/C32H46N8O5S/c1-32(2,3)27(33)18-29(36-4)38-31(41)37-25-11-12-26(24-9-7-6-8-23(24)25)45-22-10-13-28(34)40(19-22)30(35)39-16-14-21(15-17-39)20-44-46(5,42)43/h6-10,13,18-19,21,25-26,34-35H,11-12,14-17,20,33H2,1-5H3,(H2,36,37,38,41)/t25?,26-/m1/s1. The minimum absolute atomic E-state index is 0.0932. The van der Waals surface area contributed by atoms with Crippen LogP contribution in [0, 0.1) is 22.2 Å². The molecule has 2 aliphatic rings. The van der Waals surface area contributed by atoms with Crippen molar-refractivity contribution in [2.45, 2.75) is 58.6 Å². The summed E-state index contributed by atoms with van der Waals surface area (Å²) >= 11 is 0. The zero-order chi connectivity index (χ0) is 33.6. The number of allylic oxidation sites excluding steroid dienone is 1. The van der Waals surface area contributed by atoms with E-state index in [-0.39, 0.29) is 47.6 Å². The number of nitrogens with one attached hydrogen (secondary N) is 4. The van der Waals surface area contributed by atoms with Crippen LogP contribution in [0.15, 0.2) is 59.4 Å². The molecule has 1 unspecified atom stereocenters. The van der Waals surface area contributed by atoms with Crippen LogP contribution in [-0.2, 0) is 14.3 Å². The van der Waals surface area contributed by atoms with Gasteiger partial charge in [-0.25, -0.2) is 4.79 Å². The number of nitrogens with zero attached hydrogens (tertiary/aromatic N) is 3. The molecule has 250 valence electrons. The summed E-state index contributed by atoms with van der Waals surface area (Å²) in [7, 11) is -1.89. The molecule has 0 spiro atoms. The molecule has 6 N–H and O–H groups in total. The van der Waals surface area contributed by atoms with Crippen molar-refractivity contribution in [1.82, 2.24) is 20.1 Å². The van der Waals surface area contributed by atoms with Crippen LogP contribution < -0.4 is 26.6 Å². The predicted molar refractivity (Wildman–Crippen MR) is 177 cm³/mol. The van der Waals surface area contributed by atoms with Crippen molar-refractivity contribution in [2.75, 3.05) is 33.0 Å². The largest absolute Gasteiger partial charge is 0.484 e. The van der Waals surface area contributed by atoms with Gasteiger partial charge in [0.2, 0.25) is 5.96 Å². The Bertz CT molecular complexity index is 1650. The van der Waals surface area contributed by atoms with Crippen molar-refractivity contribution >= 4 is 27.9 Å². The number of urea groups is 1. The maximum Gasteiger partial charge on any atom is 0.320 e. The lowest BCUT2D eigenvalue weighted by molar-refractivity contribution is 0.170. The fourth-order valence-electron chi connectivity index (χ4n) is 5.43. The SMILES string of the molecule is CN=C(C=C(N)C(C)(C)C)NC(=O)NC1CC[C@@H](Oc2ccc(=N)n(C(=N)N3CCC(COS(C)(=O)=O)CC3)c2)c2ccccc21. The molecule has 0 saturated carbocycles. The van der Waals surface area contributed by atoms with Crippen LogP contribution in [0.5, 0.6) is 5.75 Å². The summed E-state index contributed by atoms with van der Waals surface area (Å²) in [6.45, 7) is 7.21. The lowest BCUT2D eigenvalue weighted by Gasteiger charge is -2.34. The lowest BCUT2D eigenvalue weighted by Crippen LogP contribution is -2.45. The van der Waals surface area contributed by atoms with Gasteiger partial charge in [-0.3, -0.25) is 29.9 Å². The number of fused-ring (bicyclic) bond motifs is 1. The maximum atomic E-state index is 13.0. The Kier molecular flexibility index (Phi) is 10.9. The van der Waals surface area contributed by atoms with Crippen molar-refractivity contribution in [3.05, 3.63) is 71.0 Å². The first-order valence-corrected chi connectivity index (χ1v) is 17.2. The normalized spacial score (nSPS) is 19.7. The van der Waals surface area contributed by atoms with Gasteiger partial charge in [0.25, 0.3) is 10.1 Å². The average Bonchev–Trinajstić information content (AvgIpc) is 3.00. The van der Waals surface area contributed by atoms with E-state index in [9.17, 15) is 13.2 Å². The number of amidine groups is 1. The van der Waals surface area contributed by atoms with Crippen molar-refractivity contribution in [3.8, 4) is 5.75 Å². The third-order valence-corrected chi connectivity index (χ3v) is 8.81. The number of rotatable bonds is 7. The molecule has 2 amide bonds. The molecule has 13 nitrogen and oxygen atoms in total. The molecule has 2 aromatic rings. The topological polar surface area (TPSA) is 188 Å². The number of amides is 2. The van der Waals surface area contributed by atoms with Gasteiger partial charge in [-0.05, 0) is 60.9 Å². The van der Waals surface area contributed by atoms with E-state index in [1.807, 2.05) is 49.9 Å². The quantitative estimate of drug-likeness (QED) is 0.171. The van der Waals surface area contributed by atoms with Crippen LogP contribution in [-0.4, -0.2) is 68.7 Å².